The number of aliphatic carboxylic acids is 1. The molecule has 0 saturated heterocycles. The van der Waals surface area contributed by atoms with Crippen molar-refractivity contribution in [3.63, 3.8) is 0 Å². The van der Waals surface area contributed by atoms with Crippen LogP contribution in [0.1, 0.15) is 7.85 Å². The summed E-state index contributed by atoms with van der Waals surface area (Å²) in [5.74, 6) is -2.76. The largest absolute Gasteiger partial charge is 1.00 e. The number of carboxylic acids is 1. The summed E-state index contributed by atoms with van der Waals surface area (Å²) < 4.78 is 13.6. The van der Waals surface area contributed by atoms with Crippen LogP contribution in [0.25, 0.3) is 0 Å². The fraction of sp³-hybridized carbons (Fsp3) is 0.200. The van der Waals surface area contributed by atoms with Crippen LogP contribution in [0.4, 0.5) is 0 Å². The number of phosphoric acid groups is 1. The molecular weight excluding hydrogens is 226 g/mol. The minimum absolute atomic E-state index is 0. The maximum absolute atomic E-state index is 10.5. The zero-order valence-corrected chi connectivity index (χ0v) is 10.2. The Labute approximate surface area is 103 Å². The van der Waals surface area contributed by atoms with Gasteiger partial charge in [0.15, 0.2) is 0 Å². The average molecular weight is 234 g/mol. The number of carbonyl (C=O) groups is 2. The van der Waals surface area contributed by atoms with E-state index in [2.05, 4.69) is 11.1 Å². The van der Waals surface area contributed by atoms with E-state index in [0.29, 0.717) is 0 Å². The predicted molar refractivity (Wildman–Crippen MR) is 40.6 cm³/mol. The van der Waals surface area contributed by atoms with Crippen LogP contribution in [0.15, 0.2) is 12.2 Å². The van der Waals surface area contributed by atoms with Crippen molar-refractivity contribution >= 4 is 19.8 Å². The van der Waals surface area contributed by atoms with E-state index in [1.165, 1.54) is 0 Å². The fourth-order valence-corrected chi connectivity index (χ4v) is 0.745. The Balaban J connectivity index is -0.000000720. The molecule has 0 aromatic rings. The third-order valence-corrected chi connectivity index (χ3v) is 1.32. The van der Waals surface area contributed by atoms with E-state index < -0.39 is 31.8 Å². The molecule has 0 amide bonds. The van der Waals surface area contributed by atoms with Crippen LogP contribution in [0.2, 0.25) is 0 Å². The Morgan fingerprint density at radius 2 is 1.86 bits per heavy atom. The molecule has 0 aromatic heterocycles. The van der Waals surface area contributed by atoms with Crippen molar-refractivity contribution in [1.29, 1.82) is 0 Å². The molecule has 0 spiro atoms. The van der Waals surface area contributed by atoms with Gasteiger partial charge in [0.25, 0.3) is 0 Å². The Morgan fingerprint density at radius 1 is 1.43 bits per heavy atom. The molecule has 0 aromatic carbocycles. The predicted octanol–water partition coefficient (Wildman–Crippen LogP) is -3.23. The van der Waals surface area contributed by atoms with E-state index >= 15 is 0 Å². The van der Waals surface area contributed by atoms with Crippen LogP contribution >= 0.6 is 7.82 Å². The first-order valence-electron chi connectivity index (χ1n) is 2.91. The van der Waals surface area contributed by atoms with Gasteiger partial charge in [-0.3, -0.25) is 14.6 Å². The Bertz CT molecular complexity index is 298. The van der Waals surface area contributed by atoms with Crippen molar-refractivity contribution in [3.8, 4) is 0 Å². The molecule has 0 aliphatic rings. The first-order valence-corrected chi connectivity index (χ1v) is 4.44. The van der Waals surface area contributed by atoms with Crippen LogP contribution in [0, 0.1) is 0 Å². The third-order valence-electron chi connectivity index (χ3n) is 0.881. The van der Waals surface area contributed by atoms with E-state index in [4.69, 9.17) is 14.9 Å². The second-order valence-electron chi connectivity index (χ2n) is 2.04. The summed E-state index contributed by atoms with van der Waals surface area (Å²) in [6, 6.07) is 0. The molecule has 0 rings (SSSR count). The van der Waals surface area contributed by atoms with Crippen molar-refractivity contribution in [3.05, 3.63) is 12.2 Å². The van der Waals surface area contributed by atoms with Gasteiger partial charge in [-0.1, -0.05) is 6.58 Å². The third kappa shape index (κ3) is 8.43. The second kappa shape index (κ2) is 6.34. The number of carbonyl (C=O) groups excluding carboxylic acids is 1. The topological polar surface area (TPSA) is 121 Å². The van der Waals surface area contributed by atoms with Crippen LogP contribution in [0.3, 0.4) is 0 Å². The number of rotatable bonds is 4. The zero-order valence-electron chi connectivity index (χ0n) is 8.34. The Hall–Kier alpha value is -0.170. The van der Waals surface area contributed by atoms with E-state index in [0.717, 1.165) is 0 Å². The first-order chi connectivity index (χ1) is 5.72. The summed E-state index contributed by atoms with van der Waals surface area (Å²) in [4.78, 5) is 36.9. The number of phosphoric ester groups is 1. The van der Waals surface area contributed by atoms with Crippen LogP contribution in [-0.4, -0.2) is 26.8 Å². The minimum Gasteiger partial charge on any atom is -1.00 e. The monoisotopic (exact) mass is 234 g/mol. The second-order valence-corrected chi connectivity index (χ2v) is 3.20. The van der Waals surface area contributed by atoms with E-state index in [1.807, 2.05) is 0 Å². The molecule has 0 saturated carbocycles. The maximum atomic E-state index is 10.5. The molecule has 7 nitrogen and oxygen atoms in total. The molecule has 9 heteroatoms. The smallest absolute Gasteiger partial charge is 1.00 e. The molecule has 76 valence electrons. The van der Waals surface area contributed by atoms with Crippen LogP contribution < -0.4 is 29.6 Å². The molecule has 0 atom stereocenters. The summed E-state index contributed by atoms with van der Waals surface area (Å²) in [5, 5.41) is 8.23. The van der Waals surface area contributed by atoms with E-state index in [-0.39, 0.29) is 31.0 Å². The maximum Gasteiger partial charge on any atom is 1.00 e. The van der Waals surface area contributed by atoms with Gasteiger partial charge >= 0.3 is 49.3 Å². The van der Waals surface area contributed by atoms with Gasteiger partial charge in [0.05, 0.1) is 6.42 Å². The quantitative estimate of drug-likeness (QED) is 0.265. The van der Waals surface area contributed by atoms with Crippen LogP contribution in [-0.2, 0) is 18.7 Å². The van der Waals surface area contributed by atoms with Gasteiger partial charge in [-0.2, -0.15) is 0 Å². The van der Waals surface area contributed by atoms with E-state index in [1.54, 1.807) is 0 Å². The first kappa shape index (κ1) is 16.3. The molecule has 0 aliphatic heterocycles. The molecule has 3 N–H and O–H groups in total. The van der Waals surface area contributed by atoms with Crippen molar-refractivity contribution in [2.45, 2.75) is 6.42 Å². The normalized spacial score (nSPS) is 9.86. The van der Waals surface area contributed by atoms with Gasteiger partial charge in [0, 0.05) is 5.57 Å². The van der Waals surface area contributed by atoms with Gasteiger partial charge in [-0.25, -0.2) is 9.36 Å². The summed E-state index contributed by atoms with van der Waals surface area (Å²) in [5.41, 5.74) is -0.501. The zero-order chi connectivity index (χ0) is 10.6. The number of carboxylic acid groups (broad SMARTS) is 1. The SMILES string of the molecule is C=C(CC(=O)OP(=O)(O)O)C(=O)O.[H-].[Na+]. The molecule has 0 unspecified atom stereocenters. The van der Waals surface area contributed by atoms with Crippen molar-refractivity contribution < 1.29 is 64.6 Å². The average Bonchev–Trinajstić information content (AvgIpc) is 1.81. The molecule has 0 fully saturated rings. The van der Waals surface area contributed by atoms with Gasteiger partial charge in [-0.15, -0.1) is 0 Å². The molecule has 0 bridgehead atoms. The summed E-state index contributed by atoms with van der Waals surface area (Å²) in [6.07, 6.45) is -0.763. The molecular formula is C5H8NaO7P. The molecule has 0 aliphatic carbocycles. The summed E-state index contributed by atoms with van der Waals surface area (Å²) in [6.45, 7) is 2.97. The minimum atomic E-state index is -4.89. The number of hydrogen-bond donors (Lipinski definition) is 3. The van der Waals surface area contributed by atoms with E-state index in [9.17, 15) is 14.2 Å². The van der Waals surface area contributed by atoms with Gasteiger partial charge in [0.2, 0.25) is 0 Å². The summed E-state index contributed by atoms with van der Waals surface area (Å²) >= 11 is 0. The Morgan fingerprint density at radius 3 is 2.14 bits per heavy atom. The fourth-order valence-electron chi connectivity index (χ4n) is 0.415. The molecule has 14 heavy (non-hydrogen) atoms. The van der Waals surface area contributed by atoms with Crippen molar-refractivity contribution in [2.24, 2.45) is 0 Å². The molecule has 0 radical (unpaired) electrons. The van der Waals surface area contributed by atoms with Gasteiger partial charge in [-0.05, 0) is 0 Å². The summed E-state index contributed by atoms with van der Waals surface area (Å²) in [7, 11) is -4.89. The number of hydrogen-bond acceptors (Lipinski definition) is 4. The standard InChI is InChI=1S/C5H7O7P.Na.H/c1-3(5(7)8)2-4(6)12-13(9,10)11;;/h1-2H2,(H,7,8)(H2,9,10,11);;/q;+1;-1. The van der Waals surface area contributed by atoms with Crippen molar-refractivity contribution in [2.75, 3.05) is 0 Å². The molecule has 0 heterocycles. The van der Waals surface area contributed by atoms with Crippen LogP contribution in [0.5, 0.6) is 0 Å². The van der Waals surface area contributed by atoms with Gasteiger partial charge < -0.3 is 11.1 Å². The van der Waals surface area contributed by atoms with Crippen molar-refractivity contribution in [1.82, 2.24) is 0 Å². The Kier molecular flexibility index (Phi) is 7.37. The van der Waals surface area contributed by atoms with Gasteiger partial charge in [0.1, 0.15) is 0 Å².